The number of likely N-dealkylation sites (tertiary alicyclic amines) is 1. The van der Waals surface area contributed by atoms with Gasteiger partial charge < -0.3 is 34.8 Å². The molecule has 2 atom stereocenters. The molecule has 0 spiro atoms. The summed E-state index contributed by atoms with van der Waals surface area (Å²) in [6.07, 6.45) is 5.37. The molecule has 4 aromatic rings. The second-order valence-electron chi connectivity index (χ2n) is 12.9. The van der Waals surface area contributed by atoms with Gasteiger partial charge in [0.05, 0.1) is 34.9 Å². The molecule has 0 bridgehead atoms. The van der Waals surface area contributed by atoms with Gasteiger partial charge in [0.2, 0.25) is 0 Å². The summed E-state index contributed by atoms with van der Waals surface area (Å²) in [4.78, 5) is 18.1. The second kappa shape index (κ2) is 19.6. The van der Waals surface area contributed by atoms with E-state index in [0.29, 0.717) is 77.4 Å². The number of aliphatic carboxylic acids is 1. The zero-order valence-electron chi connectivity index (χ0n) is 29.6. The third kappa shape index (κ3) is 10.8. The molecule has 2 heterocycles. The summed E-state index contributed by atoms with van der Waals surface area (Å²) >= 11 is 13.8. The Balaban J connectivity index is 1.32. The van der Waals surface area contributed by atoms with Gasteiger partial charge in [-0.3, -0.25) is 14.7 Å². The fourth-order valence-electron chi connectivity index (χ4n) is 6.24. The fraction of sp³-hybridized carbons (Fsp3) is 0.375. The van der Waals surface area contributed by atoms with Crippen molar-refractivity contribution in [2.75, 3.05) is 32.8 Å². The maximum absolute atomic E-state index is 12.0. The van der Waals surface area contributed by atoms with E-state index in [1.807, 2.05) is 48.2 Å². The van der Waals surface area contributed by atoms with Gasteiger partial charge in [-0.25, -0.2) is 0 Å². The van der Waals surface area contributed by atoms with Crippen molar-refractivity contribution in [2.45, 2.75) is 64.5 Å². The lowest BCUT2D eigenvalue weighted by Crippen LogP contribution is -2.44. The van der Waals surface area contributed by atoms with Crippen molar-refractivity contribution in [2.24, 2.45) is 0 Å². The van der Waals surface area contributed by atoms with E-state index >= 15 is 0 Å². The predicted molar refractivity (Wildman–Crippen MR) is 202 cm³/mol. The van der Waals surface area contributed by atoms with Crippen molar-refractivity contribution in [3.8, 4) is 34.4 Å². The van der Waals surface area contributed by atoms with E-state index in [0.717, 1.165) is 47.3 Å². The minimum absolute atomic E-state index is 0.111. The summed E-state index contributed by atoms with van der Waals surface area (Å²) in [5, 5.41) is 41.6. The number of halogens is 2. The van der Waals surface area contributed by atoms with Gasteiger partial charge in [0, 0.05) is 53.8 Å². The van der Waals surface area contributed by atoms with Gasteiger partial charge in [0.25, 0.3) is 0 Å². The minimum Gasteiger partial charge on any atom is -0.493 e. The molecule has 5 rings (SSSR count). The Morgan fingerprint density at radius 2 is 1.81 bits per heavy atom. The first-order chi connectivity index (χ1) is 25.7. The highest BCUT2D eigenvalue weighted by Gasteiger charge is 2.29. The van der Waals surface area contributed by atoms with E-state index in [9.17, 15) is 20.3 Å². The maximum atomic E-state index is 12.0. The second-order valence-corrected chi connectivity index (χ2v) is 13.7. The molecule has 0 radical (unpaired) electrons. The lowest BCUT2D eigenvalue weighted by Gasteiger charge is -2.33. The van der Waals surface area contributed by atoms with E-state index in [1.54, 1.807) is 24.4 Å². The number of rotatable bonds is 18. The van der Waals surface area contributed by atoms with Gasteiger partial charge in [0.15, 0.2) is 0 Å². The van der Waals surface area contributed by atoms with Crippen molar-refractivity contribution in [3.05, 3.63) is 105 Å². The van der Waals surface area contributed by atoms with E-state index in [1.165, 1.54) is 6.20 Å². The zero-order chi connectivity index (χ0) is 37.7. The van der Waals surface area contributed by atoms with Crippen molar-refractivity contribution >= 4 is 29.2 Å². The molecule has 53 heavy (non-hydrogen) atoms. The van der Waals surface area contributed by atoms with Crippen LogP contribution in [0.4, 0.5) is 0 Å². The molecule has 1 aromatic heterocycles. The third-order valence-electron chi connectivity index (χ3n) is 9.09. The molecule has 13 heteroatoms. The number of hydrogen-bond donors (Lipinski definition) is 4. The van der Waals surface area contributed by atoms with Crippen molar-refractivity contribution < 1.29 is 34.3 Å². The molecule has 1 aliphatic rings. The van der Waals surface area contributed by atoms with Gasteiger partial charge in [-0.2, -0.15) is 5.26 Å². The number of pyridine rings is 1. The van der Waals surface area contributed by atoms with Crippen LogP contribution in [-0.4, -0.2) is 76.2 Å². The Hall–Kier alpha value is -4.41. The number of hydrogen-bond acceptors (Lipinski definition) is 10. The normalized spacial score (nSPS) is 15.1. The molecule has 11 nitrogen and oxygen atoms in total. The number of carboxylic acids is 1. The number of ether oxygens (including phenoxy) is 3. The van der Waals surface area contributed by atoms with E-state index in [2.05, 4.69) is 16.4 Å². The number of piperidine rings is 1. The Morgan fingerprint density at radius 3 is 2.60 bits per heavy atom. The highest BCUT2D eigenvalue weighted by Crippen LogP contribution is 2.39. The Labute approximate surface area is 319 Å². The van der Waals surface area contributed by atoms with Crippen LogP contribution in [0.3, 0.4) is 0 Å². The summed E-state index contributed by atoms with van der Waals surface area (Å²) in [5.41, 5.74) is 5.26. The molecule has 0 saturated carbocycles. The summed E-state index contributed by atoms with van der Waals surface area (Å²) in [7, 11) is 0. The van der Waals surface area contributed by atoms with Crippen molar-refractivity contribution in [1.82, 2.24) is 15.2 Å². The Kier molecular flexibility index (Phi) is 14.7. The number of aliphatic hydroxyl groups is 2. The lowest BCUT2D eigenvalue weighted by molar-refractivity contribution is -0.144. The van der Waals surface area contributed by atoms with Gasteiger partial charge in [0.1, 0.15) is 42.6 Å². The average molecular weight is 764 g/mol. The number of aromatic nitrogens is 1. The molecule has 4 N–H and O–H groups in total. The van der Waals surface area contributed by atoms with Crippen LogP contribution in [0, 0.1) is 18.3 Å². The number of nitrogens with zero attached hydrogens (tertiary/aromatic N) is 3. The number of nitrogens with one attached hydrogen (secondary N) is 1. The first-order valence-corrected chi connectivity index (χ1v) is 18.3. The molecule has 1 saturated heterocycles. The predicted octanol–water partition coefficient (Wildman–Crippen LogP) is 6.54. The van der Waals surface area contributed by atoms with Gasteiger partial charge in [-0.1, -0.05) is 60.0 Å². The van der Waals surface area contributed by atoms with Gasteiger partial charge >= 0.3 is 5.97 Å². The molecule has 3 aromatic carbocycles. The highest BCUT2D eigenvalue weighted by molar-refractivity contribution is 6.34. The number of aliphatic hydroxyl groups excluding tert-OH is 2. The van der Waals surface area contributed by atoms with Crippen LogP contribution in [0.2, 0.25) is 10.0 Å². The first kappa shape index (κ1) is 39.8. The molecule has 0 amide bonds. The number of carbonyl (C=O) groups is 1. The van der Waals surface area contributed by atoms with Crippen molar-refractivity contribution in [3.63, 3.8) is 0 Å². The van der Waals surface area contributed by atoms with Gasteiger partial charge in [-0.05, 0) is 68.6 Å². The van der Waals surface area contributed by atoms with Crippen LogP contribution >= 0.6 is 23.2 Å². The smallest absolute Gasteiger partial charge is 0.320 e. The van der Waals surface area contributed by atoms with Gasteiger partial charge in [-0.15, -0.1) is 0 Å². The topological polar surface area (TPSA) is 157 Å². The van der Waals surface area contributed by atoms with Crippen molar-refractivity contribution in [1.29, 1.82) is 5.26 Å². The first-order valence-electron chi connectivity index (χ1n) is 17.6. The van der Waals surface area contributed by atoms with Crippen LogP contribution in [0.1, 0.15) is 53.5 Å². The summed E-state index contributed by atoms with van der Waals surface area (Å²) < 4.78 is 18.6. The maximum Gasteiger partial charge on any atom is 0.320 e. The Morgan fingerprint density at radius 1 is 1.02 bits per heavy atom. The van der Waals surface area contributed by atoms with Crippen LogP contribution in [0.15, 0.2) is 67.0 Å². The highest BCUT2D eigenvalue weighted by atomic mass is 35.5. The van der Waals surface area contributed by atoms with E-state index in [4.69, 9.17) is 42.5 Å². The number of benzene rings is 3. The van der Waals surface area contributed by atoms with E-state index in [-0.39, 0.29) is 19.8 Å². The Bertz CT molecular complexity index is 1900. The van der Waals surface area contributed by atoms with E-state index < -0.39 is 18.1 Å². The number of carboxylic acid groups (broad SMARTS) is 1. The van der Waals surface area contributed by atoms with Crippen LogP contribution in [0.25, 0.3) is 11.1 Å². The molecule has 1 aliphatic heterocycles. The standard InChI is InChI=1S/C40H44Cl2N4O7/c1-26-32(8-5-11-36(26)51-14-6-12-44-21-31(48)23-47)33-9-4-7-29(39(33)42)25-53-38-17-37(52-24-28-15-27(18-43)19-45-20-28)30(16-34(38)41)22-46-13-3-2-10-35(46)40(49)50/h4-5,7-9,11,15-17,19-20,31,35,44,47-48H,2-3,6,10,12-14,21-25H2,1H3,(H,49,50)/t31-,35-/m0/s1. The summed E-state index contributed by atoms with van der Waals surface area (Å²) in [6, 6.07) is 18.2. The number of nitriles is 1. The summed E-state index contributed by atoms with van der Waals surface area (Å²) in [6.45, 7) is 4.34. The van der Waals surface area contributed by atoms with Crippen LogP contribution < -0.4 is 19.5 Å². The molecule has 280 valence electrons. The van der Waals surface area contributed by atoms with Crippen LogP contribution in [-0.2, 0) is 24.6 Å². The quantitative estimate of drug-likeness (QED) is 0.0816. The van der Waals surface area contributed by atoms with Crippen LogP contribution in [0.5, 0.6) is 17.2 Å². The average Bonchev–Trinajstić information content (AvgIpc) is 3.16. The molecular weight excluding hydrogens is 719 g/mol. The minimum atomic E-state index is -0.854. The summed E-state index contributed by atoms with van der Waals surface area (Å²) in [5.74, 6) is 0.736. The molecule has 1 fully saturated rings. The molecule has 0 unspecified atom stereocenters. The zero-order valence-corrected chi connectivity index (χ0v) is 31.1. The monoisotopic (exact) mass is 762 g/mol. The fourth-order valence-corrected chi connectivity index (χ4v) is 6.76. The molecular formula is C40H44Cl2N4O7. The third-order valence-corrected chi connectivity index (χ3v) is 9.83. The lowest BCUT2D eigenvalue weighted by atomic mass is 9.98. The SMILES string of the molecule is Cc1c(OCCCNC[C@H](O)CO)cccc1-c1cccc(COc2cc(OCc3cncc(C#N)c3)c(CN3CCCC[C@H]3C(=O)O)cc2Cl)c1Cl. The molecule has 0 aliphatic carbocycles. The largest absolute Gasteiger partial charge is 0.493 e.